The van der Waals surface area contributed by atoms with Gasteiger partial charge in [0.05, 0.1) is 10.0 Å². The number of nitrogens with two attached hydrogens (primary N) is 1. The third-order valence-electron chi connectivity index (χ3n) is 1.38. The Morgan fingerprint density at radius 2 is 1.67 bits per heavy atom. The van der Waals surface area contributed by atoms with E-state index in [1.165, 1.54) is 0 Å². The summed E-state index contributed by atoms with van der Waals surface area (Å²) in [6.07, 6.45) is 0. The third-order valence-corrected chi connectivity index (χ3v) is 2.46. The van der Waals surface area contributed by atoms with E-state index in [0.29, 0.717) is 21.6 Å². The topological polar surface area (TPSA) is 38.0 Å². The Labute approximate surface area is 85.6 Å². The highest BCUT2D eigenvalue weighted by molar-refractivity contribution is 6.43. The average Bonchev–Trinajstić information content (AvgIpc) is 2.01. The van der Waals surface area contributed by atoms with E-state index in [9.17, 15) is 0 Å². The van der Waals surface area contributed by atoms with Gasteiger partial charge in [0.2, 0.25) is 0 Å². The number of benzene rings is 1. The van der Waals surface area contributed by atoms with Gasteiger partial charge in [-0.05, 0) is 17.7 Å². The molecular weight excluding hydrogens is 218 g/mol. The Kier molecular flexibility index (Phi) is 3.62. The lowest BCUT2D eigenvalue weighted by molar-refractivity contribution is 0.741. The van der Waals surface area contributed by atoms with E-state index in [2.05, 4.69) is 5.43 Å². The van der Waals surface area contributed by atoms with Gasteiger partial charge < -0.3 is 0 Å². The maximum Gasteiger partial charge on any atom is 0.0607 e. The van der Waals surface area contributed by atoms with Crippen molar-refractivity contribution in [2.75, 3.05) is 0 Å². The molecule has 3 N–H and O–H groups in total. The molecule has 0 atom stereocenters. The highest BCUT2D eigenvalue weighted by Gasteiger charge is 2.04. The molecule has 0 saturated carbocycles. The maximum atomic E-state index is 5.84. The molecule has 66 valence electrons. The first-order chi connectivity index (χ1) is 5.65. The van der Waals surface area contributed by atoms with Gasteiger partial charge in [-0.2, -0.15) is 0 Å². The van der Waals surface area contributed by atoms with Crippen LogP contribution in [0.15, 0.2) is 12.1 Å². The summed E-state index contributed by atoms with van der Waals surface area (Å²) in [7, 11) is 0. The quantitative estimate of drug-likeness (QED) is 0.461. The number of hydrogen-bond acceptors (Lipinski definition) is 2. The molecule has 1 aromatic rings. The summed E-state index contributed by atoms with van der Waals surface area (Å²) in [5.41, 5.74) is 3.31. The number of hydrazine groups is 1. The van der Waals surface area contributed by atoms with Crippen molar-refractivity contribution in [1.29, 1.82) is 0 Å². The Morgan fingerprint density at radius 3 is 2.25 bits per heavy atom. The van der Waals surface area contributed by atoms with Crippen molar-refractivity contribution in [3.8, 4) is 0 Å². The first kappa shape index (κ1) is 10.1. The molecule has 0 spiro atoms. The number of nitrogens with one attached hydrogen (secondary N) is 1. The molecule has 0 fully saturated rings. The second-order valence-electron chi connectivity index (χ2n) is 2.24. The zero-order chi connectivity index (χ0) is 9.14. The molecule has 0 amide bonds. The van der Waals surface area contributed by atoms with Crippen molar-refractivity contribution in [3.05, 3.63) is 32.8 Å². The highest BCUT2D eigenvalue weighted by Crippen LogP contribution is 2.28. The summed E-state index contributed by atoms with van der Waals surface area (Å²) in [5.74, 6) is 5.13. The zero-order valence-corrected chi connectivity index (χ0v) is 8.34. The molecule has 0 unspecified atom stereocenters. The van der Waals surface area contributed by atoms with Crippen LogP contribution >= 0.6 is 34.8 Å². The zero-order valence-electron chi connectivity index (χ0n) is 6.07. The van der Waals surface area contributed by atoms with Crippen molar-refractivity contribution in [2.45, 2.75) is 6.54 Å². The van der Waals surface area contributed by atoms with Crippen LogP contribution in [0.2, 0.25) is 15.1 Å². The van der Waals surface area contributed by atoms with E-state index < -0.39 is 0 Å². The molecule has 0 saturated heterocycles. The van der Waals surface area contributed by atoms with Gasteiger partial charge in [0.25, 0.3) is 0 Å². The van der Waals surface area contributed by atoms with Gasteiger partial charge >= 0.3 is 0 Å². The van der Waals surface area contributed by atoms with Crippen molar-refractivity contribution in [2.24, 2.45) is 5.84 Å². The number of rotatable bonds is 2. The molecule has 5 heteroatoms. The molecule has 1 rings (SSSR count). The lowest BCUT2D eigenvalue weighted by Gasteiger charge is -2.04. The lowest BCUT2D eigenvalue weighted by atomic mass is 10.2. The van der Waals surface area contributed by atoms with Gasteiger partial charge in [-0.15, -0.1) is 0 Å². The second kappa shape index (κ2) is 4.30. The summed E-state index contributed by atoms with van der Waals surface area (Å²) in [6.45, 7) is 0.468. The monoisotopic (exact) mass is 224 g/mol. The van der Waals surface area contributed by atoms with E-state index in [4.69, 9.17) is 40.6 Å². The van der Waals surface area contributed by atoms with E-state index in [1.54, 1.807) is 12.1 Å². The molecule has 1 aromatic carbocycles. The van der Waals surface area contributed by atoms with E-state index in [-0.39, 0.29) is 0 Å². The van der Waals surface area contributed by atoms with Gasteiger partial charge in [0, 0.05) is 11.6 Å². The van der Waals surface area contributed by atoms with Crippen LogP contribution in [-0.2, 0) is 6.54 Å². The molecule has 0 bridgehead atoms. The SMILES string of the molecule is NNCc1cc(Cl)c(Cl)cc1Cl. The van der Waals surface area contributed by atoms with Gasteiger partial charge in [-0.1, -0.05) is 34.8 Å². The van der Waals surface area contributed by atoms with Crippen LogP contribution in [-0.4, -0.2) is 0 Å². The summed E-state index contributed by atoms with van der Waals surface area (Å²) >= 11 is 17.3. The smallest absolute Gasteiger partial charge is 0.0607 e. The molecule has 0 aromatic heterocycles. The molecule has 0 heterocycles. The predicted molar refractivity (Wildman–Crippen MR) is 52.5 cm³/mol. The minimum Gasteiger partial charge on any atom is -0.271 e. The van der Waals surface area contributed by atoms with Crippen LogP contribution in [0.4, 0.5) is 0 Å². The molecule has 0 aliphatic heterocycles. The summed E-state index contributed by atoms with van der Waals surface area (Å²) in [4.78, 5) is 0. The van der Waals surface area contributed by atoms with Gasteiger partial charge in [-0.3, -0.25) is 11.3 Å². The van der Waals surface area contributed by atoms with Crippen LogP contribution in [0.1, 0.15) is 5.56 Å². The van der Waals surface area contributed by atoms with Gasteiger partial charge in [0.15, 0.2) is 0 Å². The average molecular weight is 226 g/mol. The van der Waals surface area contributed by atoms with Gasteiger partial charge in [-0.25, -0.2) is 0 Å². The highest BCUT2D eigenvalue weighted by atomic mass is 35.5. The Balaban J connectivity index is 3.05. The first-order valence-corrected chi connectivity index (χ1v) is 4.35. The fourth-order valence-corrected chi connectivity index (χ4v) is 1.45. The fourth-order valence-electron chi connectivity index (χ4n) is 0.809. The molecular formula is C7H7Cl3N2. The minimum absolute atomic E-state index is 0.447. The van der Waals surface area contributed by atoms with Gasteiger partial charge in [0.1, 0.15) is 0 Å². The summed E-state index contributed by atoms with van der Waals surface area (Å²) in [6, 6.07) is 3.28. The maximum absolute atomic E-state index is 5.84. The molecule has 0 aliphatic carbocycles. The minimum atomic E-state index is 0.447. The molecule has 0 aliphatic rings. The van der Waals surface area contributed by atoms with Crippen molar-refractivity contribution >= 4 is 34.8 Å². The Bertz CT molecular complexity index is 288. The number of hydrogen-bond donors (Lipinski definition) is 2. The van der Waals surface area contributed by atoms with E-state index >= 15 is 0 Å². The Morgan fingerprint density at radius 1 is 1.08 bits per heavy atom. The van der Waals surface area contributed by atoms with Crippen LogP contribution in [0.5, 0.6) is 0 Å². The van der Waals surface area contributed by atoms with Crippen LogP contribution < -0.4 is 11.3 Å². The van der Waals surface area contributed by atoms with Crippen molar-refractivity contribution in [3.63, 3.8) is 0 Å². The second-order valence-corrected chi connectivity index (χ2v) is 3.46. The Hall–Kier alpha value is 0.01000. The predicted octanol–water partition coefficient (Wildman–Crippen LogP) is 2.61. The van der Waals surface area contributed by atoms with E-state index in [0.717, 1.165) is 5.56 Å². The largest absolute Gasteiger partial charge is 0.271 e. The fraction of sp³-hybridized carbons (Fsp3) is 0.143. The van der Waals surface area contributed by atoms with Crippen LogP contribution in [0.25, 0.3) is 0 Å². The third kappa shape index (κ3) is 2.25. The standard InChI is InChI=1S/C7H7Cl3N2/c8-5-2-7(10)6(9)1-4(5)3-12-11/h1-2,12H,3,11H2. The first-order valence-electron chi connectivity index (χ1n) is 3.22. The summed E-state index contributed by atoms with van der Waals surface area (Å²) in [5, 5.41) is 1.48. The van der Waals surface area contributed by atoms with Crippen molar-refractivity contribution < 1.29 is 0 Å². The lowest BCUT2D eigenvalue weighted by Crippen LogP contribution is -2.20. The van der Waals surface area contributed by atoms with Crippen molar-refractivity contribution in [1.82, 2.24) is 5.43 Å². The summed E-state index contributed by atoms with van der Waals surface area (Å²) < 4.78 is 0. The number of halogens is 3. The van der Waals surface area contributed by atoms with Crippen LogP contribution in [0.3, 0.4) is 0 Å². The van der Waals surface area contributed by atoms with Crippen LogP contribution in [0, 0.1) is 0 Å². The molecule has 2 nitrogen and oxygen atoms in total. The molecule has 0 radical (unpaired) electrons. The normalized spacial score (nSPS) is 10.3. The van der Waals surface area contributed by atoms with E-state index in [1.807, 2.05) is 0 Å². The molecule has 12 heavy (non-hydrogen) atoms.